The molecule has 0 atom stereocenters. The van der Waals surface area contributed by atoms with Gasteiger partial charge in [-0.3, -0.25) is 0 Å². The van der Waals surface area contributed by atoms with E-state index in [2.05, 4.69) is 18.3 Å². The monoisotopic (exact) mass is 214 g/mol. The average Bonchev–Trinajstić information content (AvgIpc) is 2.32. The van der Waals surface area contributed by atoms with Crippen molar-refractivity contribution in [3.8, 4) is 6.07 Å². The zero-order chi connectivity index (χ0) is 11.4. The molecule has 1 aliphatic carbocycles. The molecule has 2 rings (SSSR count). The fourth-order valence-corrected chi connectivity index (χ4v) is 2.32. The van der Waals surface area contributed by atoms with E-state index in [-0.39, 0.29) is 0 Å². The third-order valence-corrected chi connectivity index (χ3v) is 3.38. The van der Waals surface area contributed by atoms with Crippen LogP contribution in [0.5, 0.6) is 0 Å². The summed E-state index contributed by atoms with van der Waals surface area (Å²) in [5.74, 6) is 0.878. The van der Waals surface area contributed by atoms with E-state index in [9.17, 15) is 0 Å². The molecule has 0 aliphatic heterocycles. The molecule has 0 bridgehead atoms. The number of nitriles is 1. The van der Waals surface area contributed by atoms with Gasteiger partial charge in [0.15, 0.2) is 0 Å². The maximum atomic E-state index is 8.82. The topological polar surface area (TPSA) is 35.8 Å². The Labute approximate surface area is 97.3 Å². The molecule has 0 saturated heterocycles. The Morgan fingerprint density at radius 1 is 1.25 bits per heavy atom. The molecular formula is C14H18N2. The second kappa shape index (κ2) is 5.03. The van der Waals surface area contributed by atoms with Crippen molar-refractivity contribution in [3.05, 3.63) is 29.8 Å². The molecule has 1 saturated carbocycles. The van der Waals surface area contributed by atoms with Crippen LogP contribution in [-0.2, 0) is 0 Å². The first-order valence-corrected chi connectivity index (χ1v) is 6.04. The summed E-state index contributed by atoms with van der Waals surface area (Å²) < 4.78 is 0. The van der Waals surface area contributed by atoms with Gasteiger partial charge in [-0.05, 0) is 49.8 Å². The molecule has 0 spiro atoms. The molecule has 0 amide bonds. The van der Waals surface area contributed by atoms with Crippen LogP contribution in [0.25, 0.3) is 0 Å². The van der Waals surface area contributed by atoms with E-state index < -0.39 is 0 Å². The number of hydrogen-bond donors (Lipinski definition) is 1. The normalized spacial score (nSPS) is 24.8. The molecule has 0 aromatic heterocycles. The van der Waals surface area contributed by atoms with Crippen molar-refractivity contribution in [1.82, 2.24) is 0 Å². The Morgan fingerprint density at radius 2 is 2.00 bits per heavy atom. The van der Waals surface area contributed by atoms with E-state index in [1.807, 2.05) is 24.3 Å². The molecule has 0 heterocycles. The summed E-state index contributed by atoms with van der Waals surface area (Å²) in [6, 6.07) is 10.5. The molecule has 0 radical (unpaired) electrons. The number of nitrogens with zero attached hydrogens (tertiary/aromatic N) is 1. The first-order chi connectivity index (χ1) is 7.78. The van der Waals surface area contributed by atoms with Gasteiger partial charge in [-0.25, -0.2) is 0 Å². The van der Waals surface area contributed by atoms with Gasteiger partial charge in [0.1, 0.15) is 0 Å². The highest BCUT2D eigenvalue weighted by atomic mass is 14.9. The average molecular weight is 214 g/mol. The molecule has 2 heteroatoms. The summed E-state index contributed by atoms with van der Waals surface area (Å²) in [4.78, 5) is 0. The highest BCUT2D eigenvalue weighted by Gasteiger charge is 2.17. The van der Waals surface area contributed by atoms with Crippen LogP contribution >= 0.6 is 0 Å². The fraction of sp³-hybridized carbons (Fsp3) is 0.500. The molecule has 84 valence electrons. The van der Waals surface area contributed by atoms with Crippen molar-refractivity contribution >= 4 is 5.69 Å². The quantitative estimate of drug-likeness (QED) is 0.817. The summed E-state index contributed by atoms with van der Waals surface area (Å²) in [5.41, 5.74) is 1.81. The lowest BCUT2D eigenvalue weighted by molar-refractivity contribution is 0.361. The number of hydrogen-bond acceptors (Lipinski definition) is 2. The summed E-state index contributed by atoms with van der Waals surface area (Å²) >= 11 is 0. The van der Waals surface area contributed by atoms with Gasteiger partial charge < -0.3 is 5.32 Å². The highest BCUT2D eigenvalue weighted by Crippen LogP contribution is 2.26. The zero-order valence-corrected chi connectivity index (χ0v) is 9.74. The minimum Gasteiger partial charge on any atom is -0.382 e. The maximum absolute atomic E-state index is 8.82. The second-order valence-corrected chi connectivity index (χ2v) is 4.79. The Morgan fingerprint density at radius 3 is 2.69 bits per heavy atom. The first-order valence-electron chi connectivity index (χ1n) is 6.04. The molecule has 2 nitrogen and oxygen atoms in total. The lowest BCUT2D eigenvalue weighted by Gasteiger charge is -2.27. The number of rotatable bonds is 2. The molecule has 1 N–H and O–H groups in total. The van der Waals surface area contributed by atoms with Crippen LogP contribution in [0.1, 0.15) is 38.2 Å². The molecule has 1 aliphatic rings. The van der Waals surface area contributed by atoms with Crippen LogP contribution in [0.2, 0.25) is 0 Å². The fourth-order valence-electron chi connectivity index (χ4n) is 2.32. The number of benzene rings is 1. The standard InChI is InChI=1S/C14H18N2/c1-11-5-7-13(8-6-11)16-14-4-2-3-12(9-14)10-15/h2-4,9,11,13,16H,5-8H2,1H3. The Hall–Kier alpha value is -1.49. The van der Waals surface area contributed by atoms with Crippen molar-refractivity contribution < 1.29 is 0 Å². The van der Waals surface area contributed by atoms with Gasteiger partial charge in [0.25, 0.3) is 0 Å². The number of anilines is 1. The van der Waals surface area contributed by atoms with Gasteiger partial charge in [-0.15, -0.1) is 0 Å². The van der Waals surface area contributed by atoms with Gasteiger partial charge in [0, 0.05) is 11.7 Å². The molecule has 1 aromatic rings. The van der Waals surface area contributed by atoms with E-state index in [0.29, 0.717) is 6.04 Å². The predicted molar refractivity (Wildman–Crippen MR) is 66.2 cm³/mol. The van der Waals surface area contributed by atoms with Crippen LogP contribution in [0.15, 0.2) is 24.3 Å². The Kier molecular flexibility index (Phi) is 3.46. The largest absolute Gasteiger partial charge is 0.382 e. The van der Waals surface area contributed by atoms with Crippen LogP contribution < -0.4 is 5.32 Å². The van der Waals surface area contributed by atoms with Gasteiger partial charge >= 0.3 is 0 Å². The molecule has 1 aromatic carbocycles. The lowest BCUT2D eigenvalue weighted by Crippen LogP contribution is -2.25. The Balaban J connectivity index is 1.96. The van der Waals surface area contributed by atoms with Gasteiger partial charge in [-0.1, -0.05) is 13.0 Å². The summed E-state index contributed by atoms with van der Waals surface area (Å²) in [5, 5.41) is 12.3. The van der Waals surface area contributed by atoms with Crippen LogP contribution in [0.3, 0.4) is 0 Å². The van der Waals surface area contributed by atoms with Crippen molar-refractivity contribution in [2.24, 2.45) is 5.92 Å². The molecular weight excluding hydrogens is 196 g/mol. The predicted octanol–water partition coefficient (Wildman–Crippen LogP) is 3.55. The van der Waals surface area contributed by atoms with Crippen molar-refractivity contribution in [2.45, 2.75) is 38.6 Å². The summed E-state index contributed by atoms with van der Waals surface area (Å²) in [6.07, 6.45) is 5.13. The Bertz CT molecular complexity index is 384. The molecule has 1 fully saturated rings. The summed E-state index contributed by atoms with van der Waals surface area (Å²) in [6.45, 7) is 2.33. The SMILES string of the molecule is CC1CCC(Nc2cccc(C#N)c2)CC1. The van der Waals surface area contributed by atoms with Gasteiger partial charge in [0.2, 0.25) is 0 Å². The minimum atomic E-state index is 0.588. The summed E-state index contributed by atoms with van der Waals surface area (Å²) in [7, 11) is 0. The van der Waals surface area contributed by atoms with Crippen molar-refractivity contribution in [1.29, 1.82) is 5.26 Å². The van der Waals surface area contributed by atoms with Crippen molar-refractivity contribution in [3.63, 3.8) is 0 Å². The van der Waals surface area contributed by atoms with E-state index in [1.165, 1.54) is 25.7 Å². The molecule has 0 unspecified atom stereocenters. The first kappa shape index (κ1) is 11.0. The highest BCUT2D eigenvalue weighted by molar-refractivity contribution is 5.49. The third-order valence-electron chi connectivity index (χ3n) is 3.38. The van der Waals surface area contributed by atoms with Crippen molar-refractivity contribution in [2.75, 3.05) is 5.32 Å². The maximum Gasteiger partial charge on any atom is 0.0992 e. The smallest absolute Gasteiger partial charge is 0.0992 e. The van der Waals surface area contributed by atoms with Gasteiger partial charge in [-0.2, -0.15) is 5.26 Å². The van der Waals surface area contributed by atoms with Crippen LogP contribution in [-0.4, -0.2) is 6.04 Å². The third kappa shape index (κ3) is 2.76. The molecule has 16 heavy (non-hydrogen) atoms. The minimum absolute atomic E-state index is 0.588. The van der Waals surface area contributed by atoms with E-state index in [1.54, 1.807) is 0 Å². The van der Waals surface area contributed by atoms with E-state index in [0.717, 1.165) is 17.2 Å². The van der Waals surface area contributed by atoms with Crippen LogP contribution in [0.4, 0.5) is 5.69 Å². The van der Waals surface area contributed by atoms with E-state index >= 15 is 0 Å². The number of nitrogens with one attached hydrogen (secondary N) is 1. The second-order valence-electron chi connectivity index (χ2n) is 4.79. The van der Waals surface area contributed by atoms with Crippen LogP contribution in [0, 0.1) is 17.2 Å². The lowest BCUT2D eigenvalue weighted by atomic mass is 9.87. The van der Waals surface area contributed by atoms with E-state index in [4.69, 9.17) is 5.26 Å². The van der Waals surface area contributed by atoms with Gasteiger partial charge in [0.05, 0.1) is 11.6 Å². The zero-order valence-electron chi connectivity index (χ0n) is 9.74.